The van der Waals surface area contributed by atoms with Crippen molar-refractivity contribution in [2.45, 2.75) is 132 Å². The minimum Gasteiger partial charge on any atom is -0.467 e. The second-order valence-corrected chi connectivity index (χ2v) is 15.9. The van der Waals surface area contributed by atoms with E-state index in [1.807, 2.05) is 0 Å². The van der Waals surface area contributed by atoms with Crippen LogP contribution >= 0.6 is 0 Å². The molecule has 0 heterocycles. The summed E-state index contributed by atoms with van der Waals surface area (Å²) in [5, 5.41) is 14.4. The van der Waals surface area contributed by atoms with Crippen molar-refractivity contribution in [3.05, 3.63) is 11.4 Å². The van der Waals surface area contributed by atoms with Crippen LogP contribution in [0.25, 0.3) is 0 Å². The van der Waals surface area contributed by atoms with Gasteiger partial charge < -0.3 is 40.2 Å². The van der Waals surface area contributed by atoms with E-state index in [4.69, 9.17) is 18.9 Å². The molecule has 0 rings (SSSR count). The molecule has 0 saturated carbocycles. The van der Waals surface area contributed by atoms with Crippen LogP contribution in [0.1, 0.15) is 96.9 Å². The predicted molar refractivity (Wildman–Crippen MR) is 197 cm³/mol. The van der Waals surface area contributed by atoms with Crippen molar-refractivity contribution < 1.29 is 57.3 Å². The lowest BCUT2D eigenvalue weighted by molar-refractivity contribution is -0.147. The highest BCUT2D eigenvalue weighted by Crippen LogP contribution is 2.15. The molecule has 0 aromatic heterocycles. The van der Waals surface area contributed by atoms with Gasteiger partial charge in [-0.3, -0.25) is 29.8 Å². The number of amides is 6. The minimum absolute atomic E-state index is 0.405. The minimum atomic E-state index is -1.37. The van der Waals surface area contributed by atoms with E-state index in [1.165, 1.54) is 0 Å². The van der Waals surface area contributed by atoms with Crippen LogP contribution < -0.4 is 31.9 Å². The summed E-state index contributed by atoms with van der Waals surface area (Å²) in [5.74, 6) is -7.61. The fraction of sp³-hybridized carbons (Fsp3) is 0.722. The van der Waals surface area contributed by atoms with Crippen molar-refractivity contribution in [1.29, 1.82) is 0 Å². The maximum absolute atomic E-state index is 14.2. The van der Waals surface area contributed by atoms with E-state index in [1.54, 1.807) is 96.9 Å². The SMILES string of the molecule is COC(=O)[C@@H](NC(=O)[C@@H](NC(=O)/C(NC(=O)OC(C)(C)C)=C(\NC(=O)OC(C)(C)C)C(=O)N[C@H](C(=O)N[C@H](C(=O)OC)C(C)C)C(C)C)C(C)C)C(C)C. The highest BCUT2D eigenvalue weighted by Gasteiger charge is 2.37. The Hall–Kier alpha value is -4.90. The van der Waals surface area contributed by atoms with E-state index in [-0.39, 0.29) is 0 Å². The summed E-state index contributed by atoms with van der Waals surface area (Å²) in [6, 6.07) is -4.91. The monoisotopic (exact) mass is 770 g/mol. The maximum Gasteiger partial charge on any atom is 0.412 e. The fourth-order valence-corrected chi connectivity index (χ4v) is 4.51. The molecule has 0 saturated heterocycles. The first-order chi connectivity index (χ1) is 24.6. The summed E-state index contributed by atoms with van der Waals surface area (Å²) in [6.07, 6.45) is -2.45. The van der Waals surface area contributed by atoms with Crippen LogP contribution in [-0.4, -0.2) is 97.3 Å². The van der Waals surface area contributed by atoms with Crippen LogP contribution in [0.3, 0.4) is 0 Å². The third kappa shape index (κ3) is 16.8. The third-order valence-electron chi connectivity index (χ3n) is 7.27. The molecule has 0 aromatic rings. The standard InChI is InChI=1S/C36H62N6O12/c1-17(2)21(27(43)39-23(19(5)6)31(47)51-15)37-29(45)25(41-33(49)53-35(9,10)11)26(42-34(50)54-36(12,13)14)30(46)38-22(18(3)4)28(44)40-24(20(7)8)32(48)52-16/h17-24H,1-16H3,(H,37,45)(H,38,46)(H,39,43)(H,40,44)(H,41,49)(H,42,50)/b26-25+/t21-,22-,23-,24-/m0/s1. The quantitative estimate of drug-likeness (QED) is 0.0751. The van der Waals surface area contributed by atoms with Crippen molar-refractivity contribution in [2.75, 3.05) is 14.2 Å². The number of nitrogens with one attached hydrogen (secondary N) is 6. The van der Waals surface area contributed by atoms with Gasteiger partial charge in [0.1, 0.15) is 46.8 Å². The largest absolute Gasteiger partial charge is 0.467 e. The number of carbonyl (C=O) groups is 8. The van der Waals surface area contributed by atoms with E-state index in [0.29, 0.717) is 0 Å². The molecule has 0 radical (unpaired) electrons. The number of carbonyl (C=O) groups excluding carboxylic acids is 8. The van der Waals surface area contributed by atoms with E-state index in [2.05, 4.69) is 31.9 Å². The van der Waals surface area contributed by atoms with Gasteiger partial charge >= 0.3 is 24.1 Å². The number of hydrogen-bond donors (Lipinski definition) is 6. The molecule has 0 fully saturated rings. The van der Waals surface area contributed by atoms with Crippen molar-refractivity contribution in [3.63, 3.8) is 0 Å². The van der Waals surface area contributed by atoms with Crippen molar-refractivity contribution >= 4 is 47.8 Å². The molecule has 308 valence electrons. The molecule has 0 aliphatic rings. The second-order valence-electron chi connectivity index (χ2n) is 15.9. The van der Waals surface area contributed by atoms with Crippen LogP contribution in [0.4, 0.5) is 9.59 Å². The zero-order valence-electron chi connectivity index (χ0n) is 34.5. The van der Waals surface area contributed by atoms with Crippen molar-refractivity contribution in [1.82, 2.24) is 31.9 Å². The lowest BCUT2D eigenvalue weighted by Crippen LogP contribution is -2.57. The molecule has 0 aromatic carbocycles. The molecule has 0 bridgehead atoms. The van der Waals surface area contributed by atoms with Gasteiger partial charge in [0.25, 0.3) is 11.8 Å². The first kappa shape index (κ1) is 49.1. The highest BCUT2D eigenvalue weighted by atomic mass is 16.6. The molecule has 54 heavy (non-hydrogen) atoms. The van der Waals surface area contributed by atoms with Gasteiger partial charge in [-0.15, -0.1) is 0 Å². The number of rotatable bonds is 16. The average molecular weight is 771 g/mol. The molecule has 0 spiro atoms. The van der Waals surface area contributed by atoms with E-state index >= 15 is 0 Å². The smallest absolute Gasteiger partial charge is 0.412 e. The summed E-state index contributed by atoms with van der Waals surface area (Å²) in [4.78, 5) is 106. The average Bonchev–Trinajstić information content (AvgIpc) is 3.01. The Kier molecular flexibility index (Phi) is 19.2. The molecule has 4 atom stereocenters. The van der Waals surface area contributed by atoms with Gasteiger partial charge in [-0.05, 0) is 65.2 Å². The van der Waals surface area contributed by atoms with E-state index in [9.17, 15) is 38.4 Å². The summed E-state index contributed by atoms with van der Waals surface area (Å²) in [7, 11) is 2.31. The number of alkyl carbamates (subject to hydrolysis) is 2. The molecule has 18 heteroatoms. The van der Waals surface area contributed by atoms with Gasteiger partial charge in [-0.1, -0.05) is 55.4 Å². The van der Waals surface area contributed by atoms with Gasteiger partial charge in [-0.25, -0.2) is 19.2 Å². The summed E-state index contributed by atoms with van der Waals surface area (Å²) < 4.78 is 20.3. The summed E-state index contributed by atoms with van der Waals surface area (Å²) in [6.45, 7) is 22.3. The number of esters is 2. The summed E-state index contributed by atoms with van der Waals surface area (Å²) >= 11 is 0. The number of methoxy groups -OCH3 is 2. The lowest BCUT2D eigenvalue weighted by atomic mass is 9.99. The summed E-state index contributed by atoms with van der Waals surface area (Å²) in [5.41, 5.74) is -3.98. The van der Waals surface area contributed by atoms with Gasteiger partial charge in [-0.2, -0.15) is 0 Å². The highest BCUT2D eigenvalue weighted by molar-refractivity contribution is 6.09. The van der Waals surface area contributed by atoms with Crippen LogP contribution in [0.2, 0.25) is 0 Å². The van der Waals surface area contributed by atoms with Crippen molar-refractivity contribution in [3.8, 4) is 0 Å². The van der Waals surface area contributed by atoms with Crippen LogP contribution in [0.5, 0.6) is 0 Å². The van der Waals surface area contributed by atoms with Crippen molar-refractivity contribution in [2.24, 2.45) is 23.7 Å². The first-order valence-electron chi connectivity index (χ1n) is 17.7. The van der Waals surface area contributed by atoms with E-state index in [0.717, 1.165) is 14.2 Å². The fourth-order valence-electron chi connectivity index (χ4n) is 4.51. The predicted octanol–water partition coefficient (Wildman–Crippen LogP) is 2.16. The Labute approximate surface area is 318 Å². The van der Waals surface area contributed by atoms with Crippen LogP contribution in [0, 0.1) is 23.7 Å². The molecule has 0 aliphatic carbocycles. The Morgan fingerprint density at radius 2 is 0.685 bits per heavy atom. The Morgan fingerprint density at radius 1 is 0.426 bits per heavy atom. The number of hydrogen-bond acceptors (Lipinski definition) is 12. The zero-order chi connectivity index (χ0) is 42.5. The van der Waals surface area contributed by atoms with Gasteiger partial charge in [0, 0.05) is 0 Å². The maximum atomic E-state index is 14.2. The Morgan fingerprint density at radius 3 is 0.889 bits per heavy atom. The molecular formula is C36H62N6O12. The molecular weight excluding hydrogens is 708 g/mol. The van der Waals surface area contributed by atoms with Crippen LogP contribution in [0.15, 0.2) is 11.4 Å². The molecule has 18 nitrogen and oxygen atoms in total. The second kappa shape index (κ2) is 21.1. The third-order valence-corrected chi connectivity index (χ3v) is 7.27. The lowest BCUT2D eigenvalue weighted by Gasteiger charge is -2.28. The molecule has 6 amide bonds. The topological polar surface area (TPSA) is 246 Å². The zero-order valence-corrected chi connectivity index (χ0v) is 34.5. The molecule has 6 N–H and O–H groups in total. The van der Waals surface area contributed by atoms with Crippen LogP contribution in [-0.2, 0) is 47.7 Å². The van der Waals surface area contributed by atoms with E-state index < -0.39 is 118 Å². The van der Waals surface area contributed by atoms with Gasteiger partial charge in [0.15, 0.2) is 0 Å². The van der Waals surface area contributed by atoms with Gasteiger partial charge in [0.2, 0.25) is 11.8 Å². The Bertz CT molecular complexity index is 1310. The molecule has 0 aliphatic heterocycles. The number of ether oxygens (including phenoxy) is 4. The Balaban J connectivity index is 7.45. The van der Waals surface area contributed by atoms with Gasteiger partial charge in [0.05, 0.1) is 14.2 Å². The molecule has 0 unspecified atom stereocenters. The normalized spacial score (nSPS) is 14.4. The first-order valence-corrected chi connectivity index (χ1v) is 17.7.